The largest absolute Gasteiger partial charge is 0.433 e. The van der Waals surface area contributed by atoms with E-state index in [-0.39, 0.29) is 17.3 Å². The predicted molar refractivity (Wildman–Crippen MR) is 111 cm³/mol. The number of H-pyrrole nitrogens is 1. The molecular weight excluding hydrogens is 407 g/mol. The first-order chi connectivity index (χ1) is 14.8. The summed E-state index contributed by atoms with van der Waals surface area (Å²) in [5.74, 6) is -0.0142. The van der Waals surface area contributed by atoms with Crippen LogP contribution in [0.2, 0.25) is 0 Å². The Labute approximate surface area is 178 Å². The highest BCUT2D eigenvalue weighted by Gasteiger charge is 2.33. The number of hydrogen-bond acceptors (Lipinski definition) is 3. The molecule has 1 N–H and O–H groups in total. The number of carbonyl (C=O) groups is 1. The van der Waals surface area contributed by atoms with E-state index in [1.54, 1.807) is 6.07 Å². The molecular formula is C23H24F3N3O2. The lowest BCUT2D eigenvalue weighted by Gasteiger charge is -2.32. The zero-order valence-electron chi connectivity index (χ0n) is 17.2. The van der Waals surface area contributed by atoms with E-state index in [2.05, 4.69) is 9.97 Å². The van der Waals surface area contributed by atoms with E-state index in [0.717, 1.165) is 30.2 Å². The molecule has 0 spiro atoms. The van der Waals surface area contributed by atoms with E-state index >= 15 is 0 Å². The zero-order valence-corrected chi connectivity index (χ0v) is 17.2. The van der Waals surface area contributed by atoms with E-state index < -0.39 is 11.9 Å². The minimum Gasteiger partial charge on any atom is -0.377 e. The summed E-state index contributed by atoms with van der Waals surface area (Å²) in [4.78, 5) is 21.7. The van der Waals surface area contributed by atoms with Gasteiger partial charge in [0, 0.05) is 36.9 Å². The average molecular weight is 431 g/mol. The van der Waals surface area contributed by atoms with Crippen LogP contribution < -0.4 is 0 Å². The number of amides is 1. The summed E-state index contributed by atoms with van der Waals surface area (Å²) in [5.41, 5.74) is 2.40. The molecule has 0 aliphatic carbocycles. The van der Waals surface area contributed by atoms with Crippen LogP contribution in [-0.4, -0.2) is 40.5 Å². The highest BCUT2D eigenvalue weighted by atomic mass is 19.4. The SMILES string of the molecule is CCOCc1ccc(C(=O)N2CCCC(c3cc4nc(C(F)(F)F)ccc4[nH]3)C2)cc1. The van der Waals surface area contributed by atoms with Gasteiger partial charge in [0.2, 0.25) is 0 Å². The van der Waals surface area contributed by atoms with Crippen molar-refractivity contribution in [2.75, 3.05) is 19.7 Å². The zero-order chi connectivity index (χ0) is 22.0. The van der Waals surface area contributed by atoms with Crippen LogP contribution in [0.5, 0.6) is 0 Å². The maximum Gasteiger partial charge on any atom is 0.433 e. The van der Waals surface area contributed by atoms with Crippen molar-refractivity contribution in [3.8, 4) is 0 Å². The summed E-state index contributed by atoms with van der Waals surface area (Å²) in [6.45, 7) is 4.26. The number of rotatable bonds is 5. The Morgan fingerprint density at radius 3 is 2.71 bits per heavy atom. The molecule has 0 radical (unpaired) electrons. The van der Waals surface area contributed by atoms with Crippen molar-refractivity contribution in [1.29, 1.82) is 0 Å². The number of halogens is 3. The van der Waals surface area contributed by atoms with E-state index in [1.807, 2.05) is 36.1 Å². The average Bonchev–Trinajstić information content (AvgIpc) is 3.21. The number of piperidine rings is 1. The van der Waals surface area contributed by atoms with Gasteiger partial charge >= 0.3 is 6.18 Å². The van der Waals surface area contributed by atoms with Gasteiger partial charge in [0.25, 0.3) is 5.91 Å². The van der Waals surface area contributed by atoms with Crippen molar-refractivity contribution in [3.05, 3.63) is 65.0 Å². The predicted octanol–water partition coefficient (Wildman–Crippen LogP) is 5.14. The summed E-state index contributed by atoms with van der Waals surface area (Å²) < 4.78 is 44.2. The molecule has 1 aromatic carbocycles. The summed E-state index contributed by atoms with van der Waals surface area (Å²) in [6.07, 6.45) is -2.79. The number of alkyl halides is 3. The first kappa shape index (κ1) is 21.4. The molecule has 1 unspecified atom stereocenters. The second-order valence-corrected chi connectivity index (χ2v) is 7.78. The van der Waals surface area contributed by atoms with Gasteiger partial charge in [-0.05, 0) is 55.7 Å². The Kier molecular flexibility index (Phi) is 6.00. The quantitative estimate of drug-likeness (QED) is 0.609. The molecule has 4 rings (SSSR count). The standard InChI is InChI=1S/C23H24F3N3O2/c1-2-31-14-15-5-7-16(8-6-15)22(30)29-11-3-4-17(13-29)19-12-20-18(27-19)9-10-21(28-20)23(24,25)26/h5-10,12,17,27H,2-4,11,13-14H2,1H3. The Bertz CT molecular complexity index is 1060. The van der Waals surface area contributed by atoms with Gasteiger partial charge in [-0.3, -0.25) is 4.79 Å². The van der Waals surface area contributed by atoms with Gasteiger partial charge in [-0.1, -0.05) is 12.1 Å². The van der Waals surface area contributed by atoms with Crippen LogP contribution in [0.1, 0.15) is 53.0 Å². The van der Waals surface area contributed by atoms with E-state index in [9.17, 15) is 18.0 Å². The van der Waals surface area contributed by atoms with E-state index in [4.69, 9.17) is 4.74 Å². The van der Waals surface area contributed by atoms with Crippen molar-refractivity contribution in [2.45, 2.75) is 38.5 Å². The van der Waals surface area contributed by atoms with Gasteiger partial charge in [0.1, 0.15) is 5.69 Å². The fraction of sp³-hybridized carbons (Fsp3) is 0.391. The molecule has 1 amide bonds. The van der Waals surface area contributed by atoms with Crippen LogP contribution in [0.3, 0.4) is 0 Å². The molecule has 1 saturated heterocycles. The number of pyridine rings is 1. The number of carbonyl (C=O) groups excluding carboxylic acids is 1. The lowest BCUT2D eigenvalue weighted by atomic mass is 9.94. The molecule has 31 heavy (non-hydrogen) atoms. The Balaban J connectivity index is 1.48. The molecule has 8 heteroatoms. The maximum atomic E-state index is 13.0. The Morgan fingerprint density at radius 2 is 2.00 bits per heavy atom. The third kappa shape index (κ3) is 4.74. The molecule has 0 saturated carbocycles. The summed E-state index contributed by atoms with van der Waals surface area (Å²) in [7, 11) is 0. The number of ether oxygens (including phenoxy) is 1. The third-order valence-corrected chi connectivity index (χ3v) is 5.61. The van der Waals surface area contributed by atoms with Gasteiger partial charge in [-0.2, -0.15) is 13.2 Å². The topological polar surface area (TPSA) is 58.2 Å². The molecule has 0 bridgehead atoms. The van der Waals surface area contributed by atoms with Crippen molar-refractivity contribution in [2.24, 2.45) is 0 Å². The van der Waals surface area contributed by atoms with Gasteiger partial charge in [0.05, 0.1) is 17.6 Å². The van der Waals surface area contributed by atoms with Crippen molar-refractivity contribution in [1.82, 2.24) is 14.9 Å². The van der Waals surface area contributed by atoms with Crippen molar-refractivity contribution in [3.63, 3.8) is 0 Å². The van der Waals surface area contributed by atoms with Gasteiger partial charge < -0.3 is 14.6 Å². The smallest absolute Gasteiger partial charge is 0.377 e. The number of likely N-dealkylation sites (tertiary alicyclic amines) is 1. The van der Waals surface area contributed by atoms with Crippen LogP contribution >= 0.6 is 0 Å². The van der Waals surface area contributed by atoms with Crippen LogP contribution in [0.4, 0.5) is 13.2 Å². The fourth-order valence-electron chi connectivity index (χ4n) is 3.97. The Morgan fingerprint density at radius 1 is 1.23 bits per heavy atom. The second-order valence-electron chi connectivity index (χ2n) is 7.78. The lowest BCUT2D eigenvalue weighted by molar-refractivity contribution is -0.140. The number of nitrogens with one attached hydrogen (secondary N) is 1. The first-order valence-electron chi connectivity index (χ1n) is 10.4. The monoisotopic (exact) mass is 431 g/mol. The number of aromatic amines is 1. The van der Waals surface area contributed by atoms with Crippen LogP contribution in [0.25, 0.3) is 11.0 Å². The van der Waals surface area contributed by atoms with Gasteiger partial charge in [0.15, 0.2) is 0 Å². The Hall–Kier alpha value is -2.87. The maximum absolute atomic E-state index is 13.0. The molecule has 164 valence electrons. The highest BCUT2D eigenvalue weighted by molar-refractivity contribution is 5.94. The minimum absolute atomic E-state index is 0.0264. The van der Waals surface area contributed by atoms with Gasteiger partial charge in [-0.25, -0.2) is 4.98 Å². The van der Waals surface area contributed by atoms with Crippen molar-refractivity contribution < 1.29 is 22.7 Å². The third-order valence-electron chi connectivity index (χ3n) is 5.61. The lowest BCUT2D eigenvalue weighted by Crippen LogP contribution is -2.39. The highest BCUT2D eigenvalue weighted by Crippen LogP contribution is 2.32. The molecule has 1 aliphatic heterocycles. The minimum atomic E-state index is -4.47. The van der Waals surface area contributed by atoms with Gasteiger partial charge in [-0.15, -0.1) is 0 Å². The molecule has 1 atom stereocenters. The second kappa shape index (κ2) is 8.70. The van der Waals surface area contributed by atoms with Crippen LogP contribution in [0, 0.1) is 0 Å². The number of nitrogens with zero attached hydrogens (tertiary/aromatic N) is 2. The fourth-order valence-corrected chi connectivity index (χ4v) is 3.97. The first-order valence-corrected chi connectivity index (χ1v) is 10.4. The molecule has 3 aromatic rings. The molecule has 1 fully saturated rings. The summed E-state index contributed by atoms with van der Waals surface area (Å²) in [5, 5.41) is 0. The number of fused-ring (bicyclic) bond motifs is 1. The van der Waals surface area contributed by atoms with Crippen molar-refractivity contribution >= 4 is 16.9 Å². The molecule has 1 aliphatic rings. The number of aromatic nitrogens is 2. The summed E-state index contributed by atoms with van der Waals surface area (Å²) in [6, 6.07) is 11.5. The van der Waals surface area contributed by atoms with Crippen LogP contribution in [0.15, 0.2) is 42.5 Å². The van der Waals surface area contributed by atoms with Crippen LogP contribution in [-0.2, 0) is 17.5 Å². The molecule has 3 heterocycles. The normalized spacial score (nSPS) is 17.3. The number of hydrogen-bond donors (Lipinski definition) is 1. The van der Waals surface area contributed by atoms with E-state index in [0.29, 0.717) is 37.4 Å². The molecule has 5 nitrogen and oxygen atoms in total. The number of benzene rings is 1. The molecule has 2 aromatic heterocycles. The summed E-state index contributed by atoms with van der Waals surface area (Å²) >= 11 is 0. The van der Waals surface area contributed by atoms with E-state index in [1.165, 1.54) is 6.07 Å².